The van der Waals surface area contributed by atoms with Gasteiger partial charge in [-0.2, -0.15) is 0 Å². The Bertz CT molecular complexity index is 1240. The summed E-state index contributed by atoms with van der Waals surface area (Å²) in [6.07, 6.45) is 2.24. The summed E-state index contributed by atoms with van der Waals surface area (Å²) in [5, 5.41) is 15.5. The highest BCUT2D eigenvalue weighted by Crippen LogP contribution is 2.41. The van der Waals surface area contributed by atoms with Crippen LogP contribution in [-0.4, -0.2) is 38.7 Å². The van der Waals surface area contributed by atoms with E-state index in [0.717, 1.165) is 35.7 Å². The van der Waals surface area contributed by atoms with E-state index in [9.17, 15) is 5.11 Å². The number of halogens is 2. The molecule has 0 fully saturated rings. The average molecular weight is 550 g/mol. The number of methoxy groups -OCH3 is 2. The number of ether oxygens (including phenoxy) is 4. The minimum Gasteiger partial charge on any atom is -0.467 e. The molecule has 4 rings (SSSR count). The van der Waals surface area contributed by atoms with Gasteiger partial charge in [0.1, 0.15) is 12.5 Å². The fourth-order valence-electron chi connectivity index (χ4n) is 3.89. The second kappa shape index (κ2) is 9.40. The normalized spacial score (nSPS) is 18.0. The van der Waals surface area contributed by atoms with Gasteiger partial charge in [0, 0.05) is 40.7 Å². The molecular weight excluding hydrogens is 528 g/mol. The van der Waals surface area contributed by atoms with E-state index in [0.29, 0.717) is 11.3 Å². The summed E-state index contributed by atoms with van der Waals surface area (Å²) in [7, 11) is 3.11. The van der Waals surface area contributed by atoms with Gasteiger partial charge in [0.05, 0.1) is 0 Å². The van der Waals surface area contributed by atoms with Gasteiger partial charge in [-0.25, -0.2) is 0 Å². The third-order valence-electron chi connectivity index (χ3n) is 5.21. The van der Waals surface area contributed by atoms with Gasteiger partial charge in [-0.15, -0.1) is 0 Å². The van der Waals surface area contributed by atoms with Crippen molar-refractivity contribution in [3.63, 3.8) is 0 Å². The predicted octanol–water partition coefficient (Wildman–Crippen LogP) is 4.04. The van der Waals surface area contributed by atoms with Gasteiger partial charge >= 0.3 is 0 Å². The number of benzene rings is 3. The van der Waals surface area contributed by atoms with E-state index < -0.39 is 5.79 Å². The van der Waals surface area contributed by atoms with Gasteiger partial charge in [-0.1, -0.05) is 56.1 Å². The molecule has 0 spiro atoms. The van der Waals surface area contributed by atoms with E-state index >= 15 is 0 Å². The molecule has 162 valence electrons. The van der Waals surface area contributed by atoms with E-state index in [-0.39, 0.29) is 20.0 Å². The van der Waals surface area contributed by atoms with Crippen LogP contribution in [0, 0.1) is 0 Å². The molecule has 3 aromatic carbocycles. The summed E-state index contributed by atoms with van der Waals surface area (Å²) in [6.45, 7) is 0.0310. The first-order valence-electron chi connectivity index (χ1n) is 9.67. The Morgan fingerprint density at radius 3 is 2.45 bits per heavy atom. The summed E-state index contributed by atoms with van der Waals surface area (Å²) in [4.78, 5) is 0. The molecule has 0 bridgehead atoms. The van der Waals surface area contributed by atoms with E-state index in [1.807, 2.05) is 54.6 Å². The zero-order valence-electron chi connectivity index (χ0n) is 17.2. The highest BCUT2D eigenvalue weighted by atomic mass is 79.9. The van der Waals surface area contributed by atoms with E-state index in [1.54, 1.807) is 7.11 Å². The van der Waals surface area contributed by atoms with Crippen LogP contribution < -0.4 is 15.2 Å². The Balaban J connectivity index is 2.11. The molecule has 0 saturated carbocycles. The quantitative estimate of drug-likeness (QED) is 0.451. The molecule has 0 saturated heterocycles. The van der Waals surface area contributed by atoms with Crippen LogP contribution in [0.2, 0.25) is 0 Å². The molecule has 0 aromatic heterocycles. The van der Waals surface area contributed by atoms with Crippen molar-refractivity contribution in [2.75, 3.05) is 27.8 Å². The number of fused-ring (bicyclic) bond motifs is 2. The van der Waals surface area contributed by atoms with Gasteiger partial charge in [-0.3, -0.25) is 0 Å². The Hall–Kier alpha value is -1.74. The Morgan fingerprint density at radius 1 is 0.935 bits per heavy atom. The second-order valence-corrected chi connectivity index (χ2v) is 9.04. The molecule has 5 nitrogen and oxygen atoms in total. The van der Waals surface area contributed by atoms with Crippen LogP contribution in [-0.2, 0) is 14.2 Å². The molecule has 1 aliphatic carbocycles. The summed E-state index contributed by atoms with van der Waals surface area (Å²) in [6, 6.07) is 15.9. The highest BCUT2D eigenvalue weighted by Gasteiger charge is 2.38. The van der Waals surface area contributed by atoms with Crippen molar-refractivity contribution in [3.05, 3.63) is 73.5 Å². The first kappa shape index (κ1) is 22.5. The smallest absolute Gasteiger partial charge is 0.199 e. The summed E-state index contributed by atoms with van der Waals surface area (Å²) in [5.74, 6) is -0.995. The van der Waals surface area contributed by atoms with E-state index in [2.05, 4.69) is 31.9 Å². The first-order valence-corrected chi connectivity index (χ1v) is 11.3. The lowest BCUT2D eigenvalue weighted by molar-refractivity contribution is -0.203. The summed E-state index contributed by atoms with van der Waals surface area (Å²) < 4.78 is 24.0. The number of rotatable bonds is 7. The lowest BCUT2D eigenvalue weighted by Gasteiger charge is -2.33. The zero-order valence-corrected chi connectivity index (χ0v) is 20.3. The molecule has 1 aliphatic rings. The largest absolute Gasteiger partial charge is 0.467 e. The Morgan fingerprint density at radius 2 is 1.68 bits per heavy atom. The summed E-state index contributed by atoms with van der Waals surface area (Å²) in [5.41, 5.74) is 1.39. The van der Waals surface area contributed by atoms with Gasteiger partial charge in [0.2, 0.25) is 0 Å². The standard InChI is InChI=1S/C24H22Br2O5/c1-28-13-30-21-8-3-15-11-17(25)4-6-19(15)22(21)23-20-7-5-18(26)12-16(20)9-10-24(23,27)31-14-29-2/h3-9,11-12,27H,10,13-14H2,1-2H3/t24-/m1/s1. The lowest BCUT2D eigenvalue weighted by Crippen LogP contribution is -2.45. The molecule has 0 unspecified atom stereocenters. The number of hydrogen-bond donors (Lipinski definition) is 1. The molecule has 0 aliphatic heterocycles. The van der Waals surface area contributed by atoms with Crippen LogP contribution in [0.3, 0.4) is 0 Å². The fraction of sp³-hybridized carbons (Fsp3) is 0.250. The maximum absolute atomic E-state index is 11.7. The van der Waals surface area contributed by atoms with Crippen LogP contribution in [0.15, 0.2) is 57.5 Å². The third-order valence-corrected chi connectivity index (χ3v) is 6.20. The van der Waals surface area contributed by atoms with Gasteiger partial charge in [0.15, 0.2) is 12.6 Å². The minimum atomic E-state index is -1.59. The highest BCUT2D eigenvalue weighted by molar-refractivity contribution is 9.10. The van der Waals surface area contributed by atoms with Crippen molar-refractivity contribution in [1.29, 1.82) is 0 Å². The maximum Gasteiger partial charge on any atom is 0.199 e. The van der Waals surface area contributed by atoms with Gasteiger partial charge in [-0.05, 0) is 51.5 Å². The molecule has 0 radical (unpaired) electrons. The Kier molecular flexibility index (Phi) is 6.81. The van der Waals surface area contributed by atoms with Crippen LogP contribution in [0.25, 0.3) is 22.4 Å². The molecule has 0 heterocycles. The molecule has 7 heteroatoms. The van der Waals surface area contributed by atoms with Crippen LogP contribution in [0.4, 0.5) is 0 Å². The van der Waals surface area contributed by atoms with Crippen molar-refractivity contribution in [1.82, 2.24) is 0 Å². The van der Waals surface area contributed by atoms with Crippen LogP contribution >= 0.6 is 31.9 Å². The topological polar surface area (TPSA) is 57.2 Å². The summed E-state index contributed by atoms with van der Waals surface area (Å²) >= 11 is 7.09. The molecule has 1 N–H and O–H groups in total. The third kappa shape index (κ3) is 4.44. The van der Waals surface area contributed by atoms with Gasteiger partial charge < -0.3 is 24.1 Å². The van der Waals surface area contributed by atoms with Crippen molar-refractivity contribution in [2.24, 2.45) is 0 Å². The zero-order chi connectivity index (χ0) is 22.0. The number of aliphatic hydroxyl groups is 1. The molecule has 31 heavy (non-hydrogen) atoms. The van der Waals surface area contributed by atoms with Crippen LogP contribution in [0.1, 0.15) is 12.0 Å². The SMILES string of the molecule is COCOc1ccc2cc(Br)ccc2c1C1=c2ccc(Br)cc2=CC[C@@]1(O)OCOC. The Labute approximate surface area is 197 Å². The van der Waals surface area contributed by atoms with Crippen molar-refractivity contribution >= 4 is 54.3 Å². The monoisotopic (exact) mass is 548 g/mol. The van der Waals surface area contributed by atoms with Crippen molar-refractivity contribution in [3.8, 4) is 5.75 Å². The minimum absolute atomic E-state index is 0.0513. The number of hydrogen-bond acceptors (Lipinski definition) is 5. The predicted molar refractivity (Wildman–Crippen MR) is 127 cm³/mol. The van der Waals surface area contributed by atoms with Crippen molar-refractivity contribution < 1.29 is 24.1 Å². The van der Waals surface area contributed by atoms with E-state index in [1.165, 1.54) is 7.11 Å². The molecule has 0 amide bonds. The van der Waals surface area contributed by atoms with Gasteiger partial charge in [0.25, 0.3) is 0 Å². The fourth-order valence-corrected chi connectivity index (χ4v) is 4.65. The second-order valence-electron chi connectivity index (χ2n) is 7.21. The van der Waals surface area contributed by atoms with E-state index in [4.69, 9.17) is 18.9 Å². The lowest BCUT2D eigenvalue weighted by atomic mass is 9.85. The maximum atomic E-state index is 11.7. The molecular formula is C24H22Br2O5. The average Bonchev–Trinajstić information content (AvgIpc) is 2.76. The molecule has 3 aromatic rings. The molecule has 1 atom stereocenters. The van der Waals surface area contributed by atoms with Crippen LogP contribution in [0.5, 0.6) is 5.75 Å². The first-order chi connectivity index (χ1) is 15.0. The van der Waals surface area contributed by atoms with Crippen molar-refractivity contribution in [2.45, 2.75) is 12.2 Å².